The summed E-state index contributed by atoms with van der Waals surface area (Å²) in [6, 6.07) is 34.0. The Morgan fingerprint density at radius 2 is 0.217 bits per heavy atom. The average Bonchev–Trinajstić information content (AvgIpc) is 4.58. The smallest absolute Gasteiger partial charge is 0.00882 e. The van der Waals surface area contributed by atoms with Crippen molar-refractivity contribution in [2.75, 3.05) is 0 Å². The molecule has 0 saturated carbocycles. The van der Waals surface area contributed by atoms with Gasteiger partial charge in [0.05, 0.1) is 0 Å². The van der Waals surface area contributed by atoms with Crippen molar-refractivity contribution in [2.24, 2.45) is 0 Å². The first-order valence-electron chi connectivity index (χ1n) is 40.8. The molecule has 4 aliphatic rings. The van der Waals surface area contributed by atoms with E-state index in [1.165, 1.54) is 44.5 Å². The topological polar surface area (TPSA) is 0 Å². The highest BCUT2D eigenvalue weighted by molar-refractivity contribution is 5.61. The quantitative estimate of drug-likeness (QED) is 0.165. The summed E-state index contributed by atoms with van der Waals surface area (Å²) in [5.41, 5.74) is 11.4. The number of fused-ring (bicyclic) bond motifs is 4. The van der Waals surface area contributed by atoms with Crippen LogP contribution < -0.4 is 0 Å². The van der Waals surface area contributed by atoms with E-state index in [1.807, 2.05) is 388 Å². The summed E-state index contributed by atoms with van der Waals surface area (Å²) in [5.74, 6) is 0. The highest BCUT2D eigenvalue weighted by Gasteiger charge is 2.02. The van der Waals surface area contributed by atoms with Crippen LogP contribution in [-0.4, -0.2) is 0 Å². The van der Waals surface area contributed by atoms with Crippen LogP contribution in [0.4, 0.5) is 0 Å². The van der Waals surface area contributed by atoms with Crippen molar-refractivity contribution < 1.29 is 0 Å². The lowest BCUT2D eigenvalue weighted by atomic mass is 10.1. The Bertz CT molecular complexity index is 1210. The lowest BCUT2D eigenvalue weighted by molar-refractivity contribution is 1.31. The molecular weight excluding hydrogens is 1110 g/mol. The Hall–Kier alpha value is -4.16. The first kappa shape index (κ1) is 163. The molecule has 0 nitrogen and oxygen atoms in total. The third-order valence-electron chi connectivity index (χ3n) is 6.76. The van der Waals surface area contributed by atoms with Gasteiger partial charge < -0.3 is 0 Å². The highest BCUT2D eigenvalue weighted by atomic mass is 14.1. The highest BCUT2D eigenvalue weighted by Crippen LogP contribution is 2.20. The van der Waals surface area contributed by atoms with Gasteiger partial charge in [0.15, 0.2) is 0 Å². The van der Waals surface area contributed by atoms with Gasteiger partial charge in [-0.3, -0.25) is 0 Å². The molecule has 92 heavy (non-hydrogen) atoms. The first-order valence-corrected chi connectivity index (χ1v) is 40.8. The molecule has 0 N–H and O–H groups in total. The van der Waals surface area contributed by atoms with Crippen LogP contribution in [0.15, 0.2) is 121 Å². The van der Waals surface area contributed by atoms with E-state index in [2.05, 4.69) is 146 Å². The second-order valence-corrected chi connectivity index (χ2v) is 9.22. The van der Waals surface area contributed by atoms with Crippen LogP contribution >= 0.6 is 0 Å². The zero-order valence-corrected chi connectivity index (χ0v) is 76.7. The Labute approximate surface area is 600 Å². The van der Waals surface area contributed by atoms with Gasteiger partial charge in [0, 0.05) is 0 Å². The average molecular weight is 1310 g/mol. The molecule has 4 aromatic rings. The normalized spacial score (nSPS) is 7.22. The van der Waals surface area contributed by atoms with E-state index >= 15 is 0 Å². The van der Waals surface area contributed by atoms with Gasteiger partial charge in [0.1, 0.15) is 0 Å². The molecule has 568 valence electrons. The summed E-state index contributed by atoms with van der Waals surface area (Å²) >= 11 is 0. The molecular formula is C92H200. The molecule has 0 fully saturated rings. The third-order valence-corrected chi connectivity index (χ3v) is 6.76. The molecule has 0 heteroatoms. The zero-order valence-electron chi connectivity index (χ0n) is 76.7. The largest absolute Gasteiger partial charge is 0.0795 e. The summed E-state index contributed by atoms with van der Waals surface area (Å²) in [7, 11) is 0. The standard InChI is InChI=1S/4C9H8.28C2H6/c4*1-2-5-9-7-3-6-8(9)4-1;28*1-2/h4*1-6H,7H2;28*1-2H3. The number of hydrogen-bond donors (Lipinski definition) is 0. The SMILES string of the molecule is C1=Cc2ccccc2C1.C1=Cc2ccccc2C1.C1=Cc2ccccc2C1.C1=Cc2ccccc2C1.CC.CC.CC.CC.CC.CC.CC.CC.CC.CC.CC.CC.CC.CC.CC.CC.CC.CC.CC.CC.CC.CC.CC.CC.CC.CC.CC.CC. The number of rotatable bonds is 0. The van der Waals surface area contributed by atoms with E-state index in [9.17, 15) is 0 Å². The van der Waals surface area contributed by atoms with E-state index in [0.29, 0.717) is 0 Å². The van der Waals surface area contributed by atoms with E-state index in [4.69, 9.17) is 0 Å². The lowest BCUT2D eigenvalue weighted by Crippen LogP contribution is -1.76. The van der Waals surface area contributed by atoms with E-state index in [0.717, 1.165) is 25.7 Å². The van der Waals surface area contributed by atoms with Gasteiger partial charge in [0.2, 0.25) is 0 Å². The summed E-state index contributed by atoms with van der Waals surface area (Å²) in [6.45, 7) is 112. The van der Waals surface area contributed by atoms with Gasteiger partial charge in [-0.05, 0) is 70.2 Å². The van der Waals surface area contributed by atoms with E-state index < -0.39 is 0 Å². The summed E-state index contributed by atoms with van der Waals surface area (Å²) in [4.78, 5) is 0. The van der Waals surface area contributed by atoms with Gasteiger partial charge in [-0.15, -0.1) is 0 Å². The molecule has 0 unspecified atom stereocenters. The van der Waals surface area contributed by atoms with Crippen molar-refractivity contribution in [3.05, 3.63) is 166 Å². The van der Waals surface area contributed by atoms with Crippen LogP contribution in [0.25, 0.3) is 24.3 Å². The van der Waals surface area contributed by atoms with Gasteiger partial charge in [-0.2, -0.15) is 0 Å². The fourth-order valence-electron chi connectivity index (χ4n) is 4.78. The predicted molar refractivity (Wildman–Crippen MR) is 474 cm³/mol. The van der Waals surface area contributed by atoms with Gasteiger partial charge >= 0.3 is 0 Å². The van der Waals surface area contributed by atoms with Crippen molar-refractivity contribution >= 4 is 24.3 Å². The fourth-order valence-corrected chi connectivity index (χ4v) is 4.78. The second kappa shape index (κ2) is 280. The molecule has 0 bridgehead atoms. The van der Waals surface area contributed by atoms with Gasteiger partial charge in [-0.25, -0.2) is 0 Å². The van der Waals surface area contributed by atoms with Crippen LogP contribution in [0.5, 0.6) is 0 Å². The summed E-state index contributed by atoms with van der Waals surface area (Å²) < 4.78 is 0. The van der Waals surface area contributed by atoms with E-state index in [-0.39, 0.29) is 0 Å². The molecule has 0 spiro atoms. The van der Waals surface area contributed by atoms with Crippen LogP contribution in [0.3, 0.4) is 0 Å². The van der Waals surface area contributed by atoms with Crippen LogP contribution in [0, 0.1) is 0 Å². The minimum atomic E-state index is 1.12. The minimum Gasteiger partial charge on any atom is -0.0795 e. The minimum absolute atomic E-state index is 1.12. The fraction of sp³-hybridized carbons (Fsp3) is 0.652. The molecule has 0 aromatic heterocycles. The molecule has 0 aliphatic heterocycles. The zero-order chi connectivity index (χ0) is 80.4. The van der Waals surface area contributed by atoms with Crippen molar-refractivity contribution in [2.45, 2.75) is 413 Å². The molecule has 0 radical (unpaired) electrons. The lowest BCUT2D eigenvalue weighted by Gasteiger charge is -1.93. The first-order chi connectivity index (χ1) is 45.9. The third kappa shape index (κ3) is 152. The Balaban J connectivity index is -0.0000000245. The van der Waals surface area contributed by atoms with E-state index in [1.54, 1.807) is 0 Å². The number of allylic oxidation sites excluding steroid dienone is 4. The summed E-state index contributed by atoms with van der Waals surface area (Å²) in [5, 5.41) is 0. The van der Waals surface area contributed by atoms with Crippen molar-refractivity contribution in [1.29, 1.82) is 0 Å². The Morgan fingerprint density at radius 3 is 0.304 bits per heavy atom. The molecule has 0 heterocycles. The molecule has 0 saturated heterocycles. The number of benzene rings is 4. The maximum Gasteiger partial charge on any atom is -0.00882 e. The second-order valence-electron chi connectivity index (χ2n) is 9.22. The predicted octanol–water partition coefficient (Wildman–Crippen LogP) is 37.8. The van der Waals surface area contributed by atoms with Crippen molar-refractivity contribution in [1.82, 2.24) is 0 Å². The van der Waals surface area contributed by atoms with Gasteiger partial charge in [0.25, 0.3) is 0 Å². The van der Waals surface area contributed by atoms with Crippen molar-refractivity contribution in [3.8, 4) is 0 Å². The van der Waals surface area contributed by atoms with Crippen molar-refractivity contribution in [3.63, 3.8) is 0 Å². The molecule has 8 rings (SSSR count). The number of hydrogen-bond acceptors (Lipinski definition) is 0. The molecule has 4 aromatic carbocycles. The monoisotopic (exact) mass is 1310 g/mol. The molecule has 0 atom stereocenters. The van der Waals surface area contributed by atoms with Crippen LogP contribution in [0.2, 0.25) is 0 Å². The Kier molecular flexibility index (Phi) is 494. The Morgan fingerprint density at radius 1 is 0.130 bits per heavy atom. The summed E-state index contributed by atoms with van der Waals surface area (Å²) in [6.07, 6.45) is 22.0. The van der Waals surface area contributed by atoms with Gasteiger partial charge in [-0.1, -0.05) is 533 Å². The maximum absolute atomic E-state index is 2.20. The maximum atomic E-state index is 2.20. The van der Waals surface area contributed by atoms with Crippen LogP contribution in [-0.2, 0) is 25.7 Å². The molecule has 4 aliphatic carbocycles. The molecule has 0 amide bonds. The van der Waals surface area contributed by atoms with Crippen LogP contribution in [0.1, 0.15) is 432 Å².